The van der Waals surface area contributed by atoms with E-state index < -0.39 is 0 Å². The van der Waals surface area contributed by atoms with Crippen LogP contribution in [0.15, 0.2) is 18.2 Å². The highest BCUT2D eigenvalue weighted by Gasteiger charge is 2.34. The minimum Gasteiger partial charge on any atom is -0.507 e. The fourth-order valence-corrected chi connectivity index (χ4v) is 3.64. The van der Waals surface area contributed by atoms with E-state index in [0.717, 1.165) is 18.5 Å². The average Bonchev–Trinajstić information content (AvgIpc) is 2.87. The second kappa shape index (κ2) is 6.50. The number of amides is 1. The van der Waals surface area contributed by atoms with Gasteiger partial charge in [0, 0.05) is 6.54 Å². The van der Waals surface area contributed by atoms with Crippen LogP contribution in [0.2, 0.25) is 0 Å². The standard InChI is InChI=1S/C18H27NO2/c1-13(2)11-18(8-4-5-9-18)12-19-17(21)15-10-14(3)6-7-16(15)20/h6-7,10,13,20H,4-5,8-9,11-12H2,1-3H3,(H,19,21). The molecule has 0 unspecified atom stereocenters. The van der Waals surface area contributed by atoms with Gasteiger partial charge in [0.05, 0.1) is 5.56 Å². The summed E-state index contributed by atoms with van der Waals surface area (Å²) in [7, 11) is 0. The number of benzene rings is 1. The molecule has 0 aliphatic heterocycles. The molecule has 0 aromatic heterocycles. The largest absolute Gasteiger partial charge is 0.507 e. The van der Waals surface area contributed by atoms with Gasteiger partial charge in [-0.15, -0.1) is 0 Å². The minimum absolute atomic E-state index is 0.0578. The summed E-state index contributed by atoms with van der Waals surface area (Å²) in [5.41, 5.74) is 1.62. The third-order valence-electron chi connectivity index (χ3n) is 4.53. The topological polar surface area (TPSA) is 49.3 Å². The number of aryl methyl sites for hydroxylation is 1. The summed E-state index contributed by atoms with van der Waals surface area (Å²) < 4.78 is 0. The Bertz CT molecular complexity index is 502. The summed E-state index contributed by atoms with van der Waals surface area (Å²) >= 11 is 0. The molecular weight excluding hydrogens is 262 g/mol. The molecule has 1 aromatic carbocycles. The second-order valence-corrected chi connectivity index (χ2v) is 7.01. The Labute approximate surface area is 127 Å². The molecular formula is C18H27NO2. The molecule has 0 radical (unpaired) electrons. The van der Waals surface area contributed by atoms with Crippen molar-refractivity contribution in [2.24, 2.45) is 11.3 Å². The van der Waals surface area contributed by atoms with Gasteiger partial charge in [-0.2, -0.15) is 0 Å². The van der Waals surface area contributed by atoms with Crippen LogP contribution in [0.25, 0.3) is 0 Å². The number of nitrogens with one attached hydrogen (secondary N) is 1. The summed E-state index contributed by atoms with van der Waals surface area (Å²) in [5, 5.41) is 12.9. The van der Waals surface area contributed by atoms with Crippen molar-refractivity contribution in [2.45, 2.75) is 52.9 Å². The number of hydrogen-bond donors (Lipinski definition) is 2. The first-order valence-electron chi connectivity index (χ1n) is 8.00. The highest BCUT2D eigenvalue weighted by Crippen LogP contribution is 2.42. The Morgan fingerprint density at radius 1 is 1.33 bits per heavy atom. The Balaban J connectivity index is 2.03. The number of hydrogen-bond acceptors (Lipinski definition) is 2. The summed E-state index contributed by atoms with van der Waals surface area (Å²) in [5.74, 6) is 0.543. The molecule has 116 valence electrons. The number of carbonyl (C=O) groups excluding carboxylic acids is 1. The molecule has 3 nitrogen and oxygen atoms in total. The van der Waals surface area contributed by atoms with E-state index in [1.807, 2.05) is 13.0 Å². The van der Waals surface area contributed by atoms with E-state index in [9.17, 15) is 9.90 Å². The van der Waals surface area contributed by atoms with Crippen molar-refractivity contribution >= 4 is 5.91 Å². The summed E-state index contributed by atoms with van der Waals surface area (Å²) in [6.45, 7) is 7.13. The quantitative estimate of drug-likeness (QED) is 0.859. The van der Waals surface area contributed by atoms with E-state index in [1.165, 1.54) is 25.7 Å². The van der Waals surface area contributed by atoms with Gasteiger partial charge < -0.3 is 10.4 Å². The van der Waals surface area contributed by atoms with Gasteiger partial charge in [-0.3, -0.25) is 4.79 Å². The zero-order valence-corrected chi connectivity index (χ0v) is 13.4. The molecule has 1 amide bonds. The maximum absolute atomic E-state index is 12.3. The monoisotopic (exact) mass is 289 g/mol. The summed E-state index contributed by atoms with van der Waals surface area (Å²) in [6, 6.07) is 5.14. The van der Waals surface area contributed by atoms with Crippen molar-refractivity contribution in [3.05, 3.63) is 29.3 Å². The molecule has 3 heteroatoms. The molecule has 1 saturated carbocycles. The van der Waals surface area contributed by atoms with Crippen LogP contribution in [0.4, 0.5) is 0 Å². The van der Waals surface area contributed by atoms with Crippen LogP contribution in [-0.2, 0) is 0 Å². The fourth-order valence-electron chi connectivity index (χ4n) is 3.64. The number of rotatable bonds is 5. The molecule has 0 spiro atoms. The van der Waals surface area contributed by atoms with Gasteiger partial charge >= 0.3 is 0 Å². The highest BCUT2D eigenvalue weighted by atomic mass is 16.3. The van der Waals surface area contributed by atoms with Gasteiger partial charge in [0.1, 0.15) is 5.75 Å². The maximum atomic E-state index is 12.3. The molecule has 0 saturated heterocycles. The van der Waals surface area contributed by atoms with Gasteiger partial charge in [-0.25, -0.2) is 0 Å². The van der Waals surface area contributed by atoms with Crippen LogP contribution in [0.3, 0.4) is 0 Å². The third kappa shape index (κ3) is 3.99. The smallest absolute Gasteiger partial charge is 0.255 e. The first-order chi connectivity index (χ1) is 9.92. The molecule has 0 heterocycles. The van der Waals surface area contributed by atoms with Gasteiger partial charge in [0.15, 0.2) is 0 Å². The highest BCUT2D eigenvalue weighted by molar-refractivity contribution is 5.97. The Morgan fingerprint density at radius 3 is 2.62 bits per heavy atom. The predicted molar refractivity (Wildman–Crippen MR) is 85.5 cm³/mol. The first-order valence-corrected chi connectivity index (χ1v) is 8.00. The molecule has 1 aromatic rings. The van der Waals surface area contributed by atoms with Crippen LogP contribution < -0.4 is 5.32 Å². The van der Waals surface area contributed by atoms with Crippen molar-refractivity contribution in [3.8, 4) is 5.75 Å². The van der Waals surface area contributed by atoms with Gasteiger partial charge in [-0.05, 0) is 49.7 Å². The predicted octanol–water partition coefficient (Wildman–Crippen LogP) is 4.04. The number of phenols is 1. The van der Waals surface area contributed by atoms with E-state index in [0.29, 0.717) is 11.5 Å². The lowest BCUT2D eigenvalue weighted by Gasteiger charge is -2.31. The summed E-state index contributed by atoms with van der Waals surface area (Å²) in [4.78, 5) is 12.3. The number of aromatic hydroxyl groups is 1. The molecule has 21 heavy (non-hydrogen) atoms. The molecule has 1 fully saturated rings. The van der Waals surface area contributed by atoms with Crippen molar-refractivity contribution in [1.82, 2.24) is 5.32 Å². The zero-order valence-electron chi connectivity index (χ0n) is 13.4. The zero-order chi connectivity index (χ0) is 15.5. The van der Waals surface area contributed by atoms with Crippen LogP contribution in [0, 0.1) is 18.3 Å². The molecule has 1 aliphatic carbocycles. The normalized spacial score (nSPS) is 17.1. The van der Waals surface area contributed by atoms with E-state index >= 15 is 0 Å². The Kier molecular flexibility index (Phi) is 4.92. The summed E-state index contributed by atoms with van der Waals surface area (Å²) in [6.07, 6.45) is 6.08. The lowest BCUT2D eigenvalue weighted by molar-refractivity contribution is 0.0919. The van der Waals surface area contributed by atoms with Crippen LogP contribution in [0.1, 0.15) is 61.9 Å². The third-order valence-corrected chi connectivity index (χ3v) is 4.53. The van der Waals surface area contributed by atoms with Gasteiger partial charge in [0.2, 0.25) is 0 Å². The van der Waals surface area contributed by atoms with Crippen molar-refractivity contribution in [1.29, 1.82) is 0 Å². The van der Waals surface area contributed by atoms with Gasteiger partial charge in [-0.1, -0.05) is 38.3 Å². The van der Waals surface area contributed by atoms with E-state index in [1.54, 1.807) is 12.1 Å². The van der Waals surface area contributed by atoms with E-state index in [4.69, 9.17) is 0 Å². The lowest BCUT2D eigenvalue weighted by Crippen LogP contribution is -2.36. The van der Waals surface area contributed by atoms with Crippen LogP contribution >= 0.6 is 0 Å². The number of phenolic OH excluding ortho intramolecular Hbond substituents is 1. The molecule has 2 N–H and O–H groups in total. The average molecular weight is 289 g/mol. The van der Waals surface area contributed by atoms with E-state index in [-0.39, 0.29) is 17.1 Å². The molecule has 2 rings (SSSR count). The van der Waals surface area contributed by atoms with Crippen LogP contribution in [0.5, 0.6) is 5.75 Å². The van der Waals surface area contributed by atoms with Crippen molar-refractivity contribution in [3.63, 3.8) is 0 Å². The molecule has 1 aliphatic rings. The SMILES string of the molecule is Cc1ccc(O)c(C(=O)NCC2(CC(C)C)CCCC2)c1. The maximum Gasteiger partial charge on any atom is 0.255 e. The fraction of sp³-hybridized carbons (Fsp3) is 0.611. The minimum atomic E-state index is -0.161. The Morgan fingerprint density at radius 2 is 2.00 bits per heavy atom. The van der Waals surface area contributed by atoms with Crippen molar-refractivity contribution in [2.75, 3.05) is 6.54 Å². The Hall–Kier alpha value is -1.51. The van der Waals surface area contributed by atoms with Crippen LogP contribution in [-0.4, -0.2) is 17.6 Å². The lowest BCUT2D eigenvalue weighted by atomic mass is 9.78. The molecule has 0 atom stereocenters. The van der Waals surface area contributed by atoms with Gasteiger partial charge in [0.25, 0.3) is 5.91 Å². The van der Waals surface area contributed by atoms with Crippen molar-refractivity contribution < 1.29 is 9.90 Å². The van der Waals surface area contributed by atoms with E-state index in [2.05, 4.69) is 19.2 Å². The first kappa shape index (κ1) is 15.9. The number of carbonyl (C=O) groups is 1. The molecule has 0 bridgehead atoms. The second-order valence-electron chi connectivity index (χ2n) is 7.01.